The number of carbonyl (C=O) groups is 1. The third-order valence-corrected chi connectivity index (χ3v) is 6.19. The number of piperazine rings is 1. The summed E-state index contributed by atoms with van der Waals surface area (Å²) >= 11 is 0. The lowest BCUT2D eigenvalue weighted by molar-refractivity contribution is 0.0595. The Morgan fingerprint density at radius 3 is 2.61 bits per heavy atom. The van der Waals surface area contributed by atoms with E-state index < -0.39 is 11.2 Å². The standard InChI is InChI=1S/C26H25FN6O3/c1-16(2)32-10-12-33(13-11-32)25(35)17-6-7-23(29-15-17)31-26-28-9-8-19(30-26)22-14-20(34)24-18(27)4-3-5-21(24)36-22/h3-9,14-16H,10-13H2,1-2H3,(H,28,29,30,31). The van der Waals surface area contributed by atoms with Gasteiger partial charge in [0, 0.05) is 50.7 Å². The van der Waals surface area contributed by atoms with Crippen LogP contribution in [0.15, 0.2) is 64.1 Å². The SMILES string of the molecule is CC(C)N1CCN(C(=O)c2ccc(Nc3nccc(-c4cc(=O)c5c(F)cccc5o4)n3)nc2)CC1. The van der Waals surface area contributed by atoms with Crippen molar-refractivity contribution in [2.75, 3.05) is 31.5 Å². The van der Waals surface area contributed by atoms with E-state index in [2.05, 4.69) is 39.0 Å². The van der Waals surface area contributed by atoms with Crippen molar-refractivity contribution >= 4 is 28.6 Å². The number of amides is 1. The largest absolute Gasteiger partial charge is 0.454 e. The number of hydrogen-bond donors (Lipinski definition) is 1. The van der Waals surface area contributed by atoms with Crippen molar-refractivity contribution in [1.29, 1.82) is 0 Å². The molecule has 0 unspecified atom stereocenters. The lowest BCUT2D eigenvalue weighted by Gasteiger charge is -2.36. The molecule has 1 aliphatic heterocycles. The van der Waals surface area contributed by atoms with Gasteiger partial charge in [-0.05, 0) is 44.2 Å². The maximum absolute atomic E-state index is 14.0. The minimum Gasteiger partial charge on any atom is -0.454 e. The topological polar surface area (TPSA) is 104 Å². The molecule has 184 valence electrons. The van der Waals surface area contributed by atoms with E-state index in [1.54, 1.807) is 18.2 Å². The highest BCUT2D eigenvalue weighted by Crippen LogP contribution is 2.23. The Kier molecular flexibility index (Phi) is 6.43. The van der Waals surface area contributed by atoms with E-state index in [4.69, 9.17) is 4.42 Å². The van der Waals surface area contributed by atoms with Crippen LogP contribution in [-0.2, 0) is 0 Å². The van der Waals surface area contributed by atoms with E-state index in [1.807, 2.05) is 4.90 Å². The fraction of sp³-hybridized carbons (Fsp3) is 0.269. The number of rotatable bonds is 5. The molecule has 9 nitrogen and oxygen atoms in total. The second kappa shape index (κ2) is 9.82. The van der Waals surface area contributed by atoms with Gasteiger partial charge in [-0.15, -0.1) is 0 Å². The van der Waals surface area contributed by atoms with Crippen molar-refractivity contribution in [3.63, 3.8) is 0 Å². The molecule has 0 aliphatic carbocycles. The minimum atomic E-state index is -0.635. The van der Waals surface area contributed by atoms with Crippen molar-refractivity contribution in [2.45, 2.75) is 19.9 Å². The summed E-state index contributed by atoms with van der Waals surface area (Å²) in [6, 6.07) is 10.9. The maximum atomic E-state index is 14.0. The highest BCUT2D eigenvalue weighted by molar-refractivity contribution is 5.94. The predicted molar refractivity (Wildman–Crippen MR) is 134 cm³/mol. The summed E-state index contributed by atoms with van der Waals surface area (Å²) in [4.78, 5) is 42.4. The molecule has 1 fully saturated rings. The van der Waals surface area contributed by atoms with Gasteiger partial charge in [0.15, 0.2) is 11.2 Å². The van der Waals surface area contributed by atoms with Gasteiger partial charge >= 0.3 is 0 Å². The molecule has 1 saturated heterocycles. The maximum Gasteiger partial charge on any atom is 0.255 e. The first-order valence-electron chi connectivity index (χ1n) is 11.7. The number of halogens is 1. The molecule has 0 spiro atoms. The Balaban J connectivity index is 1.30. The minimum absolute atomic E-state index is 0.0431. The highest BCUT2D eigenvalue weighted by atomic mass is 19.1. The average Bonchev–Trinajstić information content (AvgIpc) is 2.89. The van der Waals surface area contributed by atoms with Crippen LogP contribution in [0.2, 0.25) is 0 Å². The number of nitrogens with one attached hydrogen (secondary N) is 1. The molecule has 0 atom stereocenters. The second-order valence-electron chi connectivity index (χ2n) is 8.83. The van der Waals surface area contributed by atoms with Crippen molar-refractivity contribution in [3.05, 3.63) is 76.5 Å². The van der Waals surface area contributed by atoms with E-state index in [-0.39, 0.29) is 28.6 Å². The Morgan fingerprint density at radius 1 is 1.08 bits per heavy atom. The van der Waals surface area contributed by atoms with Gasteiger partial charge in [-0.1, -0.05) is 6.07 Å². The zero-order valence-electron chi connectivity index (χ0n) is 19.9. The molecule has 1 N–H and O–H groups in total. The quantitative estimate of drug-likeness (QED) is 0.454. The molecular formula is C26H25FN6O3. The van der Waals surface area contributed by atoms with Crippen LogP contribution in [0.1, 0.15) is 24.2 Å². The van der Waals surface area contributed by atoms with Gasteiger partial charge in [-0.2, -0.15) is 0 Å². The van der Waals surface area contributed by atoms with E-state index in [0.717, 1.165) is 13.1 Å². The molecule has 1 aliphatic rings. The van der Waals surface area contributed by atoms with Gasteiger partial charge in [0.25, 0.3) is 5.91 Å². The fourth-order valence-electron chi connectivity index (χ4n) is 4.18. The first kappa shape index (κ1) is 23.6. The summed E-state index contributed by atoms with van der Waals surface area (Å²) in [7, 11) is 0. The van der Waals surface area contributed by atoms with Crippen LogP contribution in [-0.4, -0.2) is 62.9 Å². The van der Waals surface area contributed by atoms with Gasteiger partial charge in [-0.25, -0.2) is 19.3 Å². The molecule has 10 heteroatoms. The predicted octanol–water partition coefficient (Wildman–Crippen LogP) is 3.69. The van der Waals surface area contributed by atoms with Crippen LogP contribution in [0, 0.1) is 5.82 Å². The summed E-state index contributed by atoms with van der Waals surface area (Å²) in [6.45, 7) is 7.41. The monoisotopic (exact) mass is 488 g/mol. The van der Waals surface area contributed by atoms with E-state index in [0.29, 0.717) is 36.2 Å². The zero-order chi connectivity index (χ0) is 25.2. The Morgan fingerprint density at radius 2 is 1.89 bits per heavy atom. The Bertz CT molecular complexity index is 1460. The number of nitrogens with zero attached hydrogens (tertiary/aromatic N) is 5. The third kappa shape index (κ3) is 4.80. The fourth-order valence-corrected chi connectivity index (χ4v) is 4.18. The Labute approximate surface area is 206 Å². The molecule has 1 amide bonds. The van der Waals surface area contributed by atoms with Crippen LogP contribution in [0.25, 0.3) is 22.4 Å². The summed E-state index contributed by atoms with van der Waals surface area (Å²) in [5.41, 5.74) is 0.504. The smallest absolute Gasteiger partial charge is 0.255 e. The normalized spacial score (nSPS) is 14.4. The molecular weight excluding hydrogens is 463 g/mol. The van der Waals surface area contributed by atoms with Gasteiger partial charge in [0.05, 0.1) is 5.56 Å². The average molecular weight is 489 g/mol. The molecule has 36 heavy (non-hydrogen) atoms. The van der Waals surface area contributed by atoms with E-state index in [9.17, 15) is 14.0 Å². The van der Waals surface area contributed by atoms with Crippen LogP contribution in [0.3, 0.4) is 0 Å². The van der Waals surface area contributed by atoms with Crippen molar-refractivity contribution in [2.24, 2.45) is 0 Å². The summed E-state index contributed by atoms with van der Waals surface area (Å²) < 4.78 is 19.7. The first-order valence-corrected chi connectivity index (χ1v) is 11.7. The number of pyridine rings is 1. The summed E-state index contributed by atoms with van der Waals surface area (Å²) in [5.74, 6) is 0.193. The highest BCUT2D eigenvalue weighted by Gasteiger charge is 2.23. The number of aromatic nitrogens is 3. The van der Waals surface area contributed by atoms with Crippen LogP contribution < -0.4 is 10.7 Å². The number of hydrogen-bond acceptors (Lipinski definition) is 8. The summed E-state index contributed by atoms with van der Waals surface area (Å²) in [5, 5.41) is 2.89. The van der Waals surface area contributed by atoms with Crippen LogP contribution in [0.5, 0.6) is 0 Å². The van der Waals surface area contributed by atoms with E-state index >= 15 is 0 Å². The number of fused-ring (bicyclic) bond motifs is 1. The molecule has 3 aromatic heterocycles. The molecule has 5 rings (SSSR count). The zero-order valence-corrected chi connectivity index (χ0v) is 19.9. The molecule has 0 radical (unpaired) electrons. The van der Waals surface area contributed by atoms with E-state index in [1.165, 1.54) is 36.7 Å². The molecule has 1 aromatic carbocycles. The number of anilines is 2. The second-order valence-corrected chi connectivity index (χ2v) is 8.83. The first-order chi connectivity index (χ1) is 17.4. The van der Waals surface area contributed by atoms with Crippen molar-refractivity contribution < 1.29 is 13.6 Å². The van der Waals surface area contributed by atoms with Gasteiger partial charge in [0.1, 0.15) is 28.3 Å². The van der Waals surface area contributed by atoms with Crippen molar-refractivity contribution in [1.82, 2.24) is 24.8 Å². The molecule has 0 bridgehead atoms. The summed E-state index contributed by atoms with van der Waals surface area (Å²) in [6.07, 6.45) is 3.04. The lowest BCUT2D eigenvalue weighted by atomic mass is 10.2. The van der Waals surface area contributed by atoms with Gasteiger partial charge < -0.3 is 14.6 Å². The van der Waals surface area contributed by atoms with Gasteiger partial charge in [0.2, 0.25) is 5.95 Å². The molecule has 4 heterocycles. The Hall–Kier alpha value is -4.18. The van der Waals surface area contributed by atoms with Crippen LogP contribution in [0.4, 0.5) is 16.2 Å². The number of carbonyl (C=O) groups excluding carboxylic acids is 1. The van der Waals surface area contributed by atoms with Crippen molar-refractivity contribution in [3.8, 4) is 11.5 Å². The number of benzene rings is 1. The lowest BCUT2D eigenvalue weighted by Crippen LogP contribution is -2.50. The van der Waals surface area contributed by atoms with Crippen LogP contribution >= 0.6 is 0 Å². The molecule has 0 saturated carbocycles. The van der Waals surface area contributed by atoms with Gasteiger partial charge in [-0.3, -0.25) is 14.5 Å². The molecule has 4 aromatic rings. The third-order valence-electron chi connectivity index (χ3n) is 6.19.